The molecule has 2 nitrogen and oxygen atoms in total. The second-order valence-corrected chi connectivity index (χ2v) is 5.98. The van der Waals surface area contributed by atoms with Crippen LogP contribution in [0.1, 0.15) is 5.56 Å². The zero-order valence-corrected chi connectivity index (χ0v) is 12.9. The van der Waals surface area contributed by atoms with Gasteiger partial charge in [-0.05, 0) is 46.6 Å². The predicted molar refractivity (Wildman–Crippen MR) is 80.8 cm³/mol. The van der Waals surface area contributed by atoms with E-state index in [0.717, 1.165) is 25.8 Å². The summed E-state index contributed by atoms with van der Waals surface area (Å²) in [6, 6.07) is 10.2. The van der Waals surface area contributed by atoms with Crippen molar-refractivity contribution in [2.45, 2.75) is 6.92 Å². The molecule has 0 unspecified atom stereocenters. The zero-order chi connectivity index (χ0) is 12.7. The largest absolute Gasteiger partial charge is 0.305 e. The lowest BCUT2D eigenvalue weighted by molar-refractivity contribution is 1.16. The van der Waals surface area contributed by atoms with Crippen LogP contribution in [0.15, 0.2) is 51.7 Å². The second kappa shape index (κ2) is 4.52. The average Bonchev–Trinajstić information content (AvgIpc) is 2.73. The molecule has 2 aromatic heterocycles. The molecule has 3 rings (SSSR count). The summed E-state index contributed by atoms with van der Waals surface area (Å²) in [5, 5.41) is 0. The Morgan fingerprint density at radius 2 is 1.94 bits per heavy atom. The summed E-state index contributed by atoms with van der Waals surface area (Å²) in [5.41, 5.74) is 4.25. The van der Waals surface area contributed by atoms with Gasteiger partial charge in [0, 0.05) is 26.9 Å². The Hall–Kier alpha value is -1.13. The monoisotopic (exact) mass is 364 g/mol. The number of imidazole rings is 1. The number of aromatic nitrogens is 2. The Morgan fingerprint density at radius 3 is 2.72 bits per heavy atom. The third-order valence-electron chi connectivity index (χ3n) is 2.86. The first-order valence-electron chi connectivity index (χ1n) is 5.54. The molecular weight excluding hydrogens is 356 g/mol. The van der Waals surface area contributed by atoms with Gasteiger partial charge in [-0.1, -0.05) is 28.1 Å². The van der Waals surface area contributed by atoms with Gasteiger partial charge in [0.15, 0.2) is 0 Å². The van der Waals surface area contributed by atoms with E-state index in [1.54, 1.807) is 0 Å². The quantitative estimate of drug-likeness (QED) is 0.603. The van der Waals surface area contributed by atoms with Gasteiger partial charge >= 0.3 is 0 Å². The molecular formula is C14H10Br2N2. The third-order valence-corrected chi connectivity index (χ3v) is 4.18. The van der Waals surface area contributed by atoms with Gasteiger partial charge in [-0.25, -0.2) is 4.98 Å². The number of benzene rings is 1. The number of aryl methyl sites for hydroxylation is 1. The molecule has 0 saturated carbocycles. The van der Waals surface area contributed by atoms with E-state index in [1.165, 1.54) is 5.56 Å². The summed E-state index contributed by atoms with van der Waals surface area (Å²) < 4.78 is 4.19. The van der Waals surface area contributed by atoms with Gasteiger partial charge in [0.05, 0.1) is 5.69 Å². The molecule has 0 spiro atoms. The van der Waals surface area contributed by atoms with Gasteiger partial charge in [0.1, 0.15) is 5.65 Å². The van der Waals surface area contributed by atoms with E-state index in [0.29, 0.717) is 0 Å². The first kappa shape index (κ1) is 11.9. The van der Waals surface area contributed by atoms with Crippen LogP contribution in [0.4, 0.5) is 0 Å². The maximum atomic E-state index is 4.65. The van der Waals surface area contributed by atoms with Crippen molar-refractivity contribution in [1.82, 2.24) is 9.38 Å². The molecule has 3 aromatic rings. The van der Waals surface area contributed by atoms with E-state index >= 15 is 0 Å². The highest BCUT2D eigenvalue weighted by Gasteiger charge is 2.06. The second-order valence-electron chi connectivity index (χ2n) is 4.21. The van der Waals surface area contributed by atoms with Gasteiger partial charge < -0.3 is 4.40 Å². The standard InChI is InChI=1S/C14H10Br2N2/c1-9-5-14-17-13(8-18(14)7-12(9)16)10-3-2-4-11(15)6-10/h2-8H,1H3. The van der Waals surface area contributed by atoms with Gasteiger partial charge in [-0.2, -0.15) is 0 Å². The van der Waals surface area contributed by atoms with Crippen molar-refractivity contribution in [3.05, 3.63) is 57.2 Å². The molecule has 0 radical (unpaired) electrons. The Balaban J connectivity index is 2.19. The van der Waals surface area contributed by atoms with E-state index in [4.69, 9.17) is 0 Å². The molecule has 0 bridgehead atoms. The fourth-order valence-electron chi connectivity index (χ4n) is 1.89. The van der Waals surface area contributed by atoms with Crippen LogP contribution in [0.25, 0.3) is 16.9 Å². The number of nitrogens with zero attached hydrogens (tertiary/aromatic N) is 2. The molecule has 0 aliphatic carbocycles. The van der Waals surface area contributed by atoms with Crippen LogP contribution in [0.2, 0.25) is 0 Å². The molecule has 1 aromatic carbocycles. The molecule has 18 heavy (non-hydrogen) atoms. The van der Waals surface area contributed by atoms with E-state index < -0.39 is 0 Å². The highest BCUT2D eigenvalue weighted by atomic mass is 79.9. The minimum Gasteiger partial charge on any atom is -0.305 e. The molecule has 0 aliphatic heterocycles. The molecule has 90 valence electrons. The van der Waals surface area contributed by atoms with Crippen molar-refractivity contribution in [1.29, 1.82) is 0 Å². The van der Waals surface area contributed by atoms with Gasteiger partial charge in [-0.3, -0.25) is 0 Å². The smallest absolute Gasteiger partial charge is 0.137 e. The van der Waals surface area contributed by atoms with E-state index in [2.05, 4.69) is 62.0 Å². The van der Waals surface area contributed by atoms with Crippen molar-refractivity contribution in [3.63, 3.8) is 0 Å². The van der Waals surface area contributed by atoms with Crippen molar-refractivity contribution in [2.75, 3.05) is 0 Å². The lowest BCUT2D eigenvalue weighted by Crippen LogP contribution is -1.85. The average molecular weight is 366 g/mol. The highest BCUT2D eigenvalue weighted by Crippen LogP contribution is 2.24. The summed E-state index contributed by atoms with van der Waals surface area (Å²) in [5.74, 6) is 0. The van der Waals surface area contributed by atoms with E-state index in [9.17, 15) is 0 Å². The maximum Gasteiger partial charge on any atom is 0.137 e. The summed E-state index contributed by atoms with van der Waals surface area (Å²) >= 11 is 7.02. The van der Waals surface area contributed by atoms with Crippen molar-refractivity contribution < 1.29 is 0 Å². The van der Waals surface area contributed by atoms with Crippen molar-refractivity contribution in [3.8, 4) is 11.3 Å². The molecule has 0 aliphatic rings. The third kappa shape index (κ3) is 2.10. The first-order valence-corrected chi connectivity index (χ1v) is 7.13. The SMILES string of the molecule is Cc1cc2nc(-c3cccc(Br)c3)cn2cc1Br. The lowest BCUT2D eigenvalue weighted by Gasteiger charge is -1.98. The Morgan fingerprint density at radius 1 is 1.11 bits per heavy atom. The van der Waals surface area contributed by atoms with Crippen molar-refractivity contribution in [2.24, 2.45) is 0 Å². The summed E-state index contributed by atoms with van der Waals surface area (Å²) in [7, 11) is 0. The topological polar surface area (TPSA) is 17.3 Å². The van der Waals surface area contributed by atoms with Crippen molar-refractivity contribution >= 4 is 37.5 Å². The zero-order valence-electron chi connectivity index (χ0n) is 9.69. The van der Waals surface area contributed by atoms with Gasteiger partial charge in [0.2, 0.25) is 0 Å². The van der Waals surface area contributed by atoms with Gasteiger partial charge in [-0.15, -0.1) is 0 Å². The highest BCUT2D eigenvalue weighted by molar-refractivity contribution is 9.10. The van der Waals surface area contributed by atoms with Crippen LogP contribution in [-0.2, 0) is 0 Å². The summed E-state index contributed by atoms with van der Waals surface area (Å²) in [6.07, 6.45) is 4.08. The molecule has 4 heteroatoms. The lowest BCUT2D eigenvalue weighted by atomic mass is 10.2. The summed E-state index contributed by atoms with van der Waals surface area (Å²) in [4.78, 5) is 4.65. The van der Waals surface area contributed by atoms with Crippen LogP contribution in [0, 0.1) is 6.92 Å². The molecule has 0 N–H and O–H groups in total. The Kier molecular flexibility index (Phi) is 2.99. The molecule has 2 heterocycles. The fraction of sp³-hybridized carbons (Fsp3) is 0.0714. The minimum atomic E-state index is 0.964. The van der Waals surface area contributed by atoms with Crippen LogP contribution in [-0.4, -0.2) is 9.38 Å². The number of hydrogen-bond acceptors (Lipinski definition) is 1. The fourth-order valence-corrected chi connectivity index (χ4v) is 2.63. The maximum absolute atomic E-state index is 4.65. The van der Waals surface area contributed by atoms with Crippen LogP contribution in [0.5, 0.6) is 0 Å². The summed E-state index contributed by atoms with van der Waals surface area (Å²) in [6.45, 7) is 2.07. The Bertz CT molecular complexity index is 693. The normalized spacial score (nSPS) is 11.1. The molecule has 0 saturated heterocycles. The van der Waals surface area contributed by atoms with Crippen LogP contribution in [0.3, 0.4) is 0 Å². The molecule has 0 amide bonds. The van der Waals surface area contributed by atoms with E-state index in [1.807, 2.05) is 28.9 Å². The number of hydrogen-bond donors (Lipinski definition) is 0. The van der Waals surface area contributed by atoms with Gasteiger partial charge in [0.25, 0.3) is 0 Å². The first-order chi connectivity index (χ1) is 8.63. The van der Waals surface area contributed by atoms with Crippen LogP contribution >= 0.6 is 31.9 Å². The number of rotatable bonds is 1. The number of halogens is 2. The van der Waals surface area contributed by atoms with Crippen LogP contribution < -0.4 is 0 Å². The molecule has 0 fully saturated rings. The Labute approximate surface area is 122 Å². The number of fused-ring (bicyclic) bond motifs is 1. The number of pyridine rings is 1. The van der Waals surface area contributed by atoms with E-state index in [-0.39, 0.29) is 0 Å². The minimum absolute atomic E-state index is 0.964. The predicted octanol–water partition coefficient (Wildman–Crippen LogP) is 4.83. The molecule has 0 atom stereocenters.